The number of fused-ring (bicyclic) bond motifs is 1. The van der Waals surface area contributed by atoms with Crippen LogP contribution in [0, 0.1) is 25.2 Å². The molecular formula is C26H26N6O2S. The molecule has 2 aromatic heterocycles. The number of piperazine rings is 1. The van der Waals surface area contributed by atoms with Gasteiger partial charge in [0.05, 0.1) is 22.2 Å². The minimum atomic E-state index is -0.206. The van der Waals surface area contributed by atoms with Gasteiger partial charge in [-0.05, 0) is 56.5 Å². The Morgan fingerprint density at radius 2 is 1.94 bits per heavy atom. The predicted molar refractivity (Wildman–Crippen MR) is 135 cm³/mol. The van der Waals surface area contributed by atoms with Crippen molar-refractivity contribution in [3.05, 3.63) is 53.3 Å². The SMILES string of the molecule is Cc1cc(-c2sc(NC(=O)N3CCN4C(=O)CCCC4C3)nc2-c2cccc(C#N)c2)cc(C)n1. The van der Waals surface area contributed by atoms with Crippen LogP contribution in [0.25, 0.3) is 21.7 Å². The van der Waals surface area contributed by atoms with Gasteiger partial charge in [0.2, 0.25) is 5.91 Å². The molecule has 2 aliphatic rings. The van der Waals surface area contributed by atoms with E-state index in [0.717, 1.165) is 45.9 Å². The summed E-state index contributed by atoms with van der Waals surface area (Å²) in [7, 11) is 0. The minimum absolute atomic E-state index is 0.0923. The number of urea groups is 1. The molecule has 3 amide bonds. The molecule has 0 saturated carbocycles. The summed E-state index contributed by atoms with van der Waals surface area (Å²) in [5.41, 5.74) is 4.85. The molecule has 3 aromatic rings. The van der Waals surface area contributed by atoms with Crippen molar-refractivity contribution in [1.29, 1.82) is 5.26 Å². The lowest BCUT2D eigenvalue weighted by Gasteiger charge is -2.43. The number of aryl methyl sites for hydroxylation is 2. The molecule has 35 heavy (non-hydrogen) atoms. The lowest BCUT2D eigenvalue weighted by Crippen LogP contribution is -2.58. The summed E-state index contributed by atoms with van der Waals surface area (Å²) in [6.45, 7) is 5.52. The Hall–Kier alpha value is -3.77. The number of piperidine rings is 1. The summed E-state index contributed by atoms with van der Waals surface area (Å²) in [4.78, 5) is 39.2. The number of anilines is 1. The van der Waals surface area contributed by atoms with Gasteiger partial charge in [-0.3, -0.25) is 15.1 Å². The molecule has 9 heteroatoms. The van der Waals surface area contributed by atoms with Crippen LogP contribution in [-0.4, -0.2) is 57.4 Å². The molecule has 0 bridgehead atoms. The van der Waals surface area contributed by atoms with Crippen LogP contribution in [0.1, 0.15) is 36.2 Å². The molecular weight excluding hydrogens is 460 g/mol. The maximum absolute atomic E-state index is 13.2. The van der Waals surface area contributed by atoms with Crippen LogP contribution in [0.5, 0.6) is 0 Å². The highest BCUT2D eigenvalue weighted by molar-refractivity contribution is 7.19. The normalized spacial score (nSPS) is 17.6. The van der Waals surface area contributed by atoms with Crippen molar-refractivity contribution in [2.45, 2.75) is 39.2 Å². The maximum Gasteiger partial charge on any atom is 0.323 e. The van der Waals surface area contributed by atoms with Gasteiger partial charge in [0.25, 0.3) is 0 Å². The standard InChI is InChI=1S/C26H26N6O2S/c1-16-11-20(12-17(2)28-16)24-23(19-6-3-5-18(13-19)14-27)29-25(35-24)30-26(34)31-9-10-32-21(15-31)7-4-8-22(32)33/h3,5-6,11-13,21H,4,7-10,15H2,1-2H3,(H,29,30,34). The average molecular weight is 487 g/mol. The first-order valence-corrected chi connectivity index (χ1v) is 12.6. The zero-order chi connectivity index (χ0) is 24.5. The molecule has 1 atom stereocenters. The van der Waals surface area contributed by atoms with Crippen molar-refractivity contribution < 1.29 is 9.59 Å². The molecule has 2 saturated heterocycles. The van der Waals surface area contributed by atoms with Gasteiger partial charge < -0.3 is 9.80 Å². The van der Waals surface area contributed by atoms with E-state index in [2.05, 4.69) is 16.4 Å². The number of pyridine rings is 1. The number of benzene rings is 1. The zero-order valence-electron chi connectivity index (χ0n) is 19.7. The molecule has 0 spiro atoms. The summed E-state index contributed by atoms with van der Waals surface area (Å²) >= 11 is 1.41. The highest BCUT2D eigenvalue weighted by Gasteiger charge is 2.35. The maximum atomic E-state index is 13.2. The monoisotopic (exact) mass is 486 g/mol. The number of thiazole rings is 1. The van der Waals surface area contributed by atoms with Crippen molar-refractivity contribution in [3.63, 3.8) is 0 Å². The van der Waals surface area contributed by atoms with Crippen LogP contribution >= 0.6 is 11.3 Å². The number of rotatable bonds is 3. The van der Waals surface area contributed by atoms with Crippen molar-refractivity contribution in [3.8, 4) is 27.8 Å². The summed E-state index contributed by atoms with van der Waals surface area (Å²) < 4.78 is 0. The Bertz CT molecular complexity index is 1320. The van der Waals surface area contributed by atoms with E-state index in [0.29, 0.717) is 36.8 Å². The molecule has 2 fully saturated rings. The fraction of sp³-hybridized carbons (Fsp3) is 0.346. The van der Waals surface area contributed by atoms with Gasteiger partial charge in [-0.25, -0.2) is 9.78 Å². The summed E-state index contributed by atoms with van der Waals surface area (Å²) in [6, 6.07) is 13.4. The van der Waals surface area contributed by atoms with Gasteiger partial charge in [-0.15, -0.1) is 0 Å². The van der Waals surface area contributed by atoms with E-state index >= 15 is 0 Å². The highest BCUT2D eigenvalue weighted by Crippen LogP contribution is 2.40. The lowest BCUT2D eigenvalue weighted by atomic mass is 9.99. The fourth-order valence-corrected chi connectivity index (χ4v) is 5.85. The van der Waals surface area contributed by atoms with E-state index in [1.54, 1.807) is 11.0 Å². The molecule has 0 radical (unpaired) electrons. The number of carbonyl (C=O) groups excluding carboxylic acids is 2. The molecule has 1 unspecified atom stereocenters. The summed E-state index contributed by atoms with van der Waals surface area (Å²) in [5, 5.41) is 12.9. The van der Waals surface area contributed by atoms with E-state index in [1.807, 2.05) is 49.1 Å². The zero-order valence-corrected chi connectivity index (χ0v) is 20.6. The van der Waals surface area contributed by atoms with Gasteiger partial charge >= 0.3 is 6.03 Å². The third-order valence-corrected chi connectivity index (χ3v) is 7.49. The Labute approximate surface area is 208 Å². The van der Waals surface area contributed by atoms with E-state index < -0.39 is 0 Å². The van der Waals surface area contributed by atoms with E-state index in [1.165, 1.54) is 11.3 Å². The molecule has 178 valence electrons. The Morgan fingerprint density at radius 3 is 2.71 bits per heavy atom. The molecule has 5 rings (SSSR count). The smallest absolute Gasteiger partial charge is 0.323 e. The number of aromatic nitrogens is 2. The first-order chi connectivity index (χ1) is 16.9. The number of hydrogen-bond donors (Lipinski definition) is 1. The van der Waals surface area contributed by atoms with Crippen LogP contribution in [0.3, 0.4) is 0 Å². The van der Waals surface area contributed by atoms with Gasteiger partial charge in [-0.2, -0.15) is 5.26 Å². The Morgan fingerprint density at radius 1 is 1.14 bits per heavy atom. The quantitative estimate of drug-likeness (QED) is 0.583. The molecule has 4 heterocycles. The first kappa shape index (κ1) is 23.0. The number of carbonyl (C=O) groups is 2. The van der Waals surface area contributed by atoms with Gasteiger partial charge in [0.15, 0.2) is 5.13 Å². The Balaban J connectivity index is 1.44. The van der Waals surface area contributed by atoms with Crippen LogP contribution in [0.2, 0.25) is 0 Å². The van der Waals surface area contributed by atoms with Crippen molar-refractivity contribution in [2.24, 2.45) is 0 Å². The summed E-state index contributed by atoms with van der Waals surface area (Å²) in [6.07, 6.45) is 2.41. The van der Waals surface area contributed by atoms with E-state index in [4.69, 9.17) is 4.98 Å². The molecule has 2 aliphatic heterocycles. The second-order valence-electron chi connectivity index (χ2n) is 9.04. The Kier molecular flexibility index (Phi) is 6.22. The minimum Gasteiger partial charge on any atom is -0.336 e. The molecule has 1 N–H and O–H groups in total. The van der Waals surface area contributed by atoms with Crippen molar-refractivity contribution in [1.82, 2.24) is 19.8 Å². The van der Waals surface area contributed by atoms with Crippen molar-refractivity contribution >= 4 is 28.4 Å². The molecule has 1 aromatic carbocycles. The molecule has 8 nitrogen and oxygen atoms in total. The van der Waals surface area contributed by atoms with E-state index in [9.17, 15) is 14.9 Å². The van der Waals surface area contributed by atoms with E-state index in [-0.39, 0.29) is 18.0 Å². The second kappa shape index (κ2) is 9.47. The third-order valence-electron chi connectivity index (χ3n) is 6.47. The van der Waals surface area contributed by atoms with Gasteiger partial charge in [0, 0.05) is 49.0 Å². The lowest BCUT2D eigenvalue weighted by molar-refractivity contribution is -0.138. The fourth-order valence-electron chi connectivity index (χ4n) is 4.88. The number of hydrogen-bond acceptors (Lipinski definition) is 6. The number of amides is 3. The predicted octanol–water partition coefficient (Wildman–Crippen LogP) is 4.59. The largest absolute Gasteiger partial charge is 0.336 e. The molecule has 0 aliphatic carbocycles. The van der Waals surface area contributed by atoms with Gasteiger partial charge in [-0.1, -0.05) is 23.5 Å². The van der Waals surface area contributed by atoms with Crippen LogP contribution in [0.15, 0.2) is 36.4 Å². The van der Waals surface area contributed by atoms with Crippen LogP contribution in [0.4, 0.5) is 9.93 Å². The second-order valence-corrected chi connectivity index (χ2v) is 10.0. The van der Waals surface area contributed by atoms with Crippen LogP contribution in [-0.2, 0) is 4.79 Å². The highest BCUT2D eigenvalue weighted by atomic mass is 32.1. The number of nitrogens with one attached hydrogen (secondary N) is 1. The third kappa shape index (κ3) is 4.75. The summed E-state index contributed by atoms with van der Waals surface area (Å²) in [5.74, 6) is 0.193. The van der Waals surface area contributed by atoms with Crippen molar-refractivity contribution in [2.75, 3.05) is 25.0 Å². The first-order valence-electron chi connectivity index (χ1n) is 11.7. The average Bonchev–Trinajstić information content (AvgIpc) is 3.27. The van der Waals surface area contributed by atoms with Crippen LogP contribution < -0.4 is 5.32 Å². The number of nitrogens with zero attached hydrogens (tertiary/aromatic N) is 5. The number of nitriles is 1. The topological polar surface area (TPSA) is 102 Å². The van der Waals surface area contributed by atoms with Gasteiger partial charge in [0.1, 0.15) is 0 Å².